The van der Waals surface area contributed by atoms with Crippen molar-refractivity contribution in [3.8, 4) is 11.5 Å². The largest absolute Gasteiger partial charge is 0.493 e. The SMILES string of the molecule is CCCC(=O)Nc1ccc(CNC(=NC)Nc2ccc(OCC)c(OC)c2)cc1. The second-order valence-electron chi connectivity index (χ2n) is 6.34. The second-order valence-corrected chi connectivity index (χ2v) is 6.34. The molecule has 0 saturated heterocycles. The number of carbonyl (C=O) groups is 1. The Balaban J connectivity index is 1.93. The van der Waals surface area contributed by atoms with Crippen LogP contribution in [0.25, 0.3) is 0 Å². The van der Waals surface area contributed by atoms with Crippen LogP contribution in [-0.4, -0.2) is 32.6 Å². The van der Waals surface area contributed by atoms with Crippen LogP contribution in [0.15, 0.2) is 47.5 Å². The summed E-state index contributed by atoms with van der Waals surface area (Å²) in [5.74, 6) is 2.04. The average molecular weight is 399 g/mol. The van der Waals surface area contributed by atoms with E-state index in [1.165, 1.54) is 0 Å². The van der Waals surface area contributed by atoms with E-state index < -0.39 is 0 Å². The maximum absolute atomic E-state index is 11.7. The van der Waals surface area contributed by atoms with Crippen LogP contribution in [0.4, 0.5) is 11.4 Å². The molecule has 0 spiro atoms. The number of hydrogen-bond acceptors (Lipinski definition) is 4. The van der Waals surface area contributed by atoms with Gasteiger partial charge in [-0.15, -0.1) is 0 Å². The number of amides is 1. The van der Waals surface area contributed by atoms with Crippen molar-refractivity contribution >= 4 is 23.2 Å². The van der Waals surface area contributed by atoms with E-state index >= 15 is 0 Å². The first-order chi connectivity index (χ1) is 14.1. The third-order valence-corrected chi connectivity index (χ3v) is 4.12. The first kappa shape index (κ1) is 22.1. The number of guanidine groups is 1. The van der Waals surface area contributed by atoms with E-state index in [0.29, 0.717) is 37.0 Å². The lowest BCUT2D eigenvalue weighted by Gasteiger charge is -2.15. The molecule has 0 aromatic heterocycles. The Morgan fingerprint density at radius 1 is 1.00 bits per heavy atom. The number of rotatable bonds is 9. The van der Waals surface area contributed by atoms with Gasteiger partial charge in [0.2, 0.25) is 5.91 Å². The summed E-state index contributed by atoms with van der Waals surface area (Å²) in [5.41, 5.74) is 2.72. The zero-order valence-electron chi connectivity index (χ0n) is 17.5. The molecule has 2 aromatic rings. The van der Waals surface area contributed by atoms with Gasteiger partial charge >= 0.3 is 0 Å². The lowest BCUT2D eigenvalue weighted by molar-refractivity contribution is -0.116. The standard InChI is InChI=1S/C22H30N4O3/c1-5-7-21(27)25-17-10-8-16(9-11-17)15-24-22(23-3)26-18-12-13-19(29-6-2)20(14-18)28-4/h8-14H,5-7,15H2,1-4H3,(H,25,27)(H2,23,24,26). The van der Waals surface area contributed by atoms with Crippen molar-refractivity contribution in [3.63, 3.8) is 0 Å². The lowest BCUT2D eigenvalue weighted by Crippen LogP contribution is -2.30. The van der Waals surface area contributed by atoms with Gasteiger partial charge in [-0.25, -0.2) is 0 Å². The molecule has 0 aliphatic heterocycles. The summed E-state index contributed by atoms with van der Waals surface area (Å²) >= 11 is 0. The van der Waals surface area contributed by atoms with Crippen LogP contribution in [0.2, 0.25) is 0 Å². The molecule has 0 aliphatic carbocycles. The summed E-state index contributed by atoms with van der Waals surface area (Å²) in [6, 6.07) is 13.4. The van der Waals surface area contributed by atoms with Crippen LogP contribution in [0.3, 0.4) is 0 Å². The van der Waals surface area contributed by atoms with Crippen LogP contribution < -0.4 is 25.4 Å². The first-order valence-electron chi connectivity index (χ1n) is 9.76. The minimum absolute atomic E-state index is 0.0359. The van der Waals surface area contributed by atoms with Crippen molar-refractivity contribution in [2.45, 2.75) is 33.2 Å². The van der Waals surface area contributed by atoms with Gasteiger partial charge in [0.15, 0.2) is 17.5 Å². The van der Waals surface area contributed by atoms with Crippen LogP contribution in [0.5, 0.6) is 11.5 Å². The molecule has 3 N–H and O–H groups in total. The van der Waals surface area contributed by atoms with E-state index in [9.17, 15) is 4.79 Å². The van der Waals surface area contributed by atoms with Gasteiger partial charge in [-0.3, -0.25) is 9.79 Å². The normalized spacial score (nSPS) is 11.0. The number of nitrogens with zero attached hydrogens (tertiary/aromatic N) is 1. The molecule has 7 nitrogen and oxygen atoms in total. The van der Waals surface area contributed by atoms with Crippen LogP contribution >= 0.6 is 0 Å². The van der Waals surface area contributed by atoms with Crippen molar-refractivity contribution in [2.24, 2.45) is 4.99 Å². The molecule has 29 heavy (non-hydrogen) atoms. The fraction of sp³-hybridized carbons (Fsp3) is 0.364. The van der Waals surface area contributed by atoms with Gasteiger partial charge in [0.05, 0.1) is 13.7 Å². The number of hydrogen-bond donors (Lipinski definition) is 3. The van der Waals surface area contributed by atoms with E-state index in [1.54, 1.807) is 14.2 Å². The zero-order chi connectivity index (χ0) is 21.1. The molecule has 0 heterocycles. The molecule has 0 atom stereocenters. The van der Waals surface area contributed by atoms with Crippen LogP contribution in [-0.2, 0) is 11.3 Å². The maximum atomic E-state index is 11.7. The molecule has 156 valence electrons. The van der Waals surface area contributed by atoms with Gasteiger partial charge in [-0.2, -0.15) is 0 Å². The highest BCUT2D eigenvalue weighted by Gasteiger charge is 2.07. The summed E-state index contributed by atoms with van der Waals surface area (Å²) in [5, 5.41) is 9.40. The molecule has 0 aliphatic rings. The van der Waals surface area contributed by atoms with Gasteiger partial charge in [-0.05, 0) is 43.2 Å². The van der Waals surface area contributed by atoms with Crippen molar-refractivity contribution in [2.75, 3.05) is 31.4 Å². The van der Waals surface area contributed by atoms with Crippen molar-refractivity contribution in [1.29, 1.82) is 0 Å². The van der Waals surface area contributed by atoms with Crippen molar-refractivity contribution in [1.82, 2.24) is 5.32 Å². The fourth-order valence-electron chi connectivity index (χ4n) is 2.68. The molecular formula is C22H30N4O3. The summed E-state index contributed by atoms with van der Waals surface area (Å²) < 4.78 is 10.9. The van der Waals surface area contributed by atoms with Gasteiger partial charge < -0.3 is 25.4 Å². The Bertz CT molecular complexity index is 819. The Morgan fingerprint density at radius 3 is 2.34 bits per heavy atom. The predicted molar refractivity (Wildman–Crippen MR) is 118 cm³/mol. The Morgan fingerprint density at radius 2 is 1.72 bits per heavy atom. The summed E-state index contributed by atoms with van der Waals surface area (Å²) in [4.78, 5) is 15.9. The average Bonchev–Trinajstić information content (AvgIpc) is 2.73. The summed E-state index contributed by atoms with van der Waals surface area (Å²) in [6.45, 7) is 5.09. The quantitative estimate of drug-likeness (QED) is 0.439. The minimum atomic E-state index is 0.0359. The Hall–Kier alpha value is -3.22. The molecule has 0 fully saturated rings. The third-order valence-electron chi connectivity index (χ3n) is 4.12. The molecule has 0 bridgehead atoms. The van der Waals surface area contributed by atoms with E-state index in [1.807, 2.05) is 56.3 Å². The molecular weight excluding hydrogens is 368 g/mol. The number of anilines is 2. The Kier molecular flexibility index (Phi) is 8.82. The fourth-order valence-corrected chi connectivity index (χ4v) is 2.68. The van der Waals surface area contributed by atoms with Gasteiger partial charge in [0.25, 0.3) is 0 Å². The Labute approximate surface area is 172 Å². The molecule has 0 saturated carbocycles. The van der Waals surface area contributed by atoms with E-state index in [0.717, 1.165) is 23.4 Å². The number of methoxy groups -OCH3 is 1. The highest BCUT2D eigenvalue weighted by Crippen LogP contribution is 2.30. The molecule has 2 rings (SSSR count). The lowest BCUT2D eigenvalue weighted by atomic mass is 10.2. The maximum Gasteiger partial charge on any atom is 0.224 e. The number of aliphatic imine (C=N–C) groups is 1. The van der Waals surface area contributed by atoms with E-state index in [2.05, 4.69) is 20.9 Å². The number of benzene rings is 2. The highest BCUT2D eigenvalue weighted by molar-refractivity contribution is 5.94. The van der Waals surface area contributed by atoms with Crippen molar-refractivity contribution in [3.05, 3.63) is 48.0 Å². The van der Waals surface area contributed by atoms with E-state index in [-0.39, 0.29) is 5.91 Å². The minimum Gasteiger partial charge on any atom is -0.493 e. The molecule has 7 heteroatoms. The van der Waals surface area contributed by atoms with Crippen LogP contribution in [0.1, 0.15) is 32.3 Å². The van der Waals surface area contributed by atoms with Gasteiger partial charge in [0.1, 0.15) is 0 Å². The van der Waals surface area contributed by atoms with E-state index in [4.69, 9.17) is 9.47 Å². The van der Waals surface area contributed by atoms with Crippen LogP contribution in [0, 0.1) is 0 Å². The predicted octanol–water partition coefficient (Wildman–Crippen LogP) is 4.02. The molecule has 0 radical (unpaired) electrons. The van der Waals surface area contributed by atoms with Crippen molar-refractivity contribution < 1.29 is 14.3 Å². The topological polar surface area (TPSA) is 84.0 Å². The molecule has 2 aromatic carbocycles. The summed E-state index contributed by atoms with van der Waals surface area (Å²) in [6.07, 6.45) is 1.36. The summed E-state index contributed by atoms with van der Waals surface area (Å²) in [7, 11) is 3.33. The number of ether oxygens (including phenoxy) is 2. The first-order valence-corrected chi connectivity index (χ1v) is 9.76. The molecule has 1 amide bonds. The smallest absolute Gasteiger partial charge is 0.224 e. The second kappa shape index (κ2) is 11.6. The molecule has 0 unspecified atom stereocenters. The third kappa shape index (κ3) is 7.03. The zero-order valence-corrected chi connectivity index (χ0v) is 17.5. The monoisotopic (exact) mass is 398 g/mol. The number of carbonyl (C=O) groups excluding carboxylic acids is 1. The van der Waals surface area contributed by atoms with Gasteiger partial charge in [0, 0.05) is 37.5 Å². The van der Waals surface area contributed by atoms with Gasteiger partial charge in [-0.1, -0.05) is 19.1 Å². The number of nitrogens with one attached hydrogen (secondary N) is 3. The highest BCUT2D eigenvalue weighted by atomic mass is 16.5.